The first-order valence-corrected chi connectivity index (χ1v) is 11.9. The van der Waals surface area contributed by atoms with Crippen LogP contribution >= 0.6 is 0 Å². The molecule has 0 aliphatic rings. The van der Waals surface area contributed by atoms with Crippen LogP contribution < -0.4 is 19.1 Å². The van der Waals surface area contributed by atoms with E-state index in [1.54, 1.807) is 30.3 Å². The van der Waals surface area contributed by atoms with Gasteiger partial charge in [0, 0.05) is 6.07 Å². The summed E-state index contributed by atoms with van der Waals surface area (Å²) in [5.74, 6) is 0.271. The van der Waals surface area contributed by atoms with Gasteiger partial charge in [-0.05, 0) is 43.7 Å². The molecule has 1 atom stereocenters. The zero-order chi connectivity index (χ0) is 24.0. The predicted molar refractivity (Wildman–Crippen MR) is 128 cm³/mol. The summed E-state index contributed by atoms with van der Waals surface area (Å²) in [6, 6.07) is 20.4. The molecule has 0 spiro atoms. The highest BCUT2D eigenvalue weighted by Crippen LogP contribution is 2.32. The van der Waals surface area contributed by atoms with Crippen LogP contribution in [0.3, 0.4) is 0 Å². The molecule has 0 bridgehead atoms. The summed E-state index contributed by atoms with van der Waals surface area (Å²) in [6.07, 6.45) is 0. The Balaban J connectivity index is 1.90. The Labute approximate surface area is 195 Å². The Bertz CT molecular complexity index is 1200. The number of para-hydroxylation sites is 1. The van der Waals surface area contributed by atoms with Crippen molar-refractivity contribution in [1.29, 1.82) is 0 Å². The maximum absolute atomic E-state index is 13.6. The third kappa shape index (κ3) is 5.64. The Kier molecular flexibility index (Phi) is 7.60. The standard InChI is InChI=1S/C25H28N2O5S/c1-18-10-12-20(13-11-18)19(2)26-25(28)17-27(21-8-6-5-7-9-21)33(29,30)22-14-15-23(31-3)24(16-22)32-4/h5-16,19H,17H2,1-4H3,(H,26,28)/t19-/m0/s1. The normalized spacial score (nSPS) is 12.0. The molecular formula is C25H28N2O5S. The van der Waals surface area contributed by atoms with E-state index in [0.717, 1.165) is 15.4 Å². The molecule has 0 saturated carbocycles. The Hall–Kier alpha value is -3.52. The lowest BCUT2D eigenvalue weighted by Gasteiger charge is -2.25. The van der Waals surface area contributed by atoms with E-state index in [9.17, 15) is 13.2 Å². The zero-order valence-corrected chi connectivity index (χ0v) is 19.9. The van der Waals surface area contributed by atoms with Crippen LogP contribution in [0.25, 0.3) is 0 Å². The average Bonchev–Trinajstić information content (AvgIpc) is 2.82. The minimum absolute atomic E-state index is 0.0108. The Morgan fingerprint density at radius 3 is 2.18 bits per heavy atom. The first-order valence-electron chi connectivity index (χ1n) is 10.4. The summed E-state index contributed by atoms with van der Waals surface area (Å²) in [7, 11) is -1.17. The molecule has 8 heteroatoms. The van der Waals surface area contributed by atoms with Gasteiger partial charge in [0.15, 0.2) is 11.5 Å². The zero-order valence-electron chi connectivity index (χ0n) is 19.1. The largest absolute Gasteiger partial charge is 0.493 e. The van der Waals surface area contributed by atoms with Crippen molar-refractivity contribution in [2.45, 2.75) is 24.8 Å². The SMILES string of the molecule is COc1ccc(S(=O)(=O)N(CC(=O)N[C@@H](C)c2ccc(C)cc2)c2ccccc2)cc1OC. The van der Waals surface area contributed by atoms with E-state index in [1.165, 1.54) is 32.4 Å². The van der Waals surface area contributed by atoms with Crippen molar-refractivity contribution in [3.63, 3.8) is 0 Å². The second kappa shape index (κ2) is 10.4. The van der Waals surface area contributed by atoms with E-state index in [-0.39, 0.29) is 23.2 Å². The smallest absolute Gasteiger partial charge is 0.264 e. The molecule has 1 amide bonds. The first-order chi connectivity index (χ1) is 15.8. The van der Waals surface area contributed by atoms with E-state index in [2.05, 4.69) is 5.32 Å². The van der Waals surface area contributed by atoms with Crippen LogP contribution in [0.2, 0.25) is 0 Å². The quantitative estimate of drug-likeness (QED) is 0.511. The summed E-state index contributed by atoms with van der Waals surface area (Å²) in [5, 5.41) is 2.89. The van der Waals surface area contributed by atoms with Gasteiger partial charge in [0.2, 0.25) is 5.91 Å². The van der Waals surface area contributed by atoms with Gasteiger partial charge >= 0.3 is 0 Å². The van der Waals surface area contributed by atoms with Crippen LogP contribution in [0.15, 0.2) is 77.7 Å². The van der Waals surface area contributed by atoms with Crippen molar-refractivity contribution in [2.75, 3.05) is 25.1 Å². The minimum Gasteiger partial charge on any atom is -0.493 e. The van der Waals surface area contributed by atoms with Crippen molar-refractivity contribution >= 4 is 21.6 Å². The highest BCUT2D eigenvalue weighted by molar-refractivity contribution is 7.92. The molecule has 0 saturated heterocycles. The summed E-state index contributed by atoms with van der Waals surface area (Å²) >= 11 is 0. The topological polar surface area (TPSA) is 84.9 Å². The summed E-state index contributed by atoms with van der Waals surface area (Å²) in [5.41, 5.74) is 2.43. The van der Waals surface area contributed by atoms with E-state index < -0.39 is 15.9 Å². The van der Waals surface area contributed by atoms with Crippen molar-refractivity contribution in [3.8, 4) is 11.5 Å². The van der Waals surface area contributed by atoms with Gasteiger partial charge in [-0.3, -0.25) is 9.10 Å². The molecule has 0 heterocycles. The van der Waals surface area contributed by atoms with Gasteiger partial charge in [-0.15, -0.1) is 0 Å². The number of carbonyl (C=O) groups excluding carboxylic acids is 1. The molecule has 3 aromatic carbocycles. The molecule has 0 fully saturated rings. The Morgan fingerprint density at radius 1 is 0.939 bits per heavy atom. The van der Waals surface area contributed by atoms with Crippen molar-refractivity contribution in [1.82, 2.24) is 5.32 Å². The fraction of sp³-hybridized carbons (Fsp3) is 0.240. The number of hydrogen-bond acceptors (Lipinski definition) is 5. The van der Waals surface area contributed by atoms with Gasteiger partial charge in [0.05, 0.1) is 30.8 Å². The summed E-state index contributed by atoms with van der Waals surface area (Å²) < 4.78 is 38.7. The third-order valence-electron chi connectivity index (χ3n) is 5.23. The van der Waals surface area contributed by atoms with Crippen LogP contribution in [0.4, 0.5) is 5.69 Å². The maximum atomic E-state index is 13.6. The maximum Gasteiger partial charge on any atom is 0.264 e. The number of ether oxygens (including phenoxy) is 2. The molecular weight excluding hydrogens is 440 g/mol. The molecule has 7 nitrogen and oxygen atoms in total. The van der Waals surface area contributed by atoms with E-state index in [4.69, 9.17) is 9.47 Å². The third-order valence-corrected chi connectivity index (χ3v) is 7.00. The number of nitrogens with one attached hydrogen (secondary N) is 1. The molecule has 174 valence electrons. The van der Waals surface area contributed by atoms with Crippen LogP contribution in [-0.2, 0) is 14.8 Å². The number of sulfonamides is 1. The molecule has 3 aromatic rings. The second-order valence-corrected chi connectivity index (χ2v) is 9.43. The number of methoxy groups -OCH3 is 2. The van der Waals surface area contributed by atoms with Crippen molar-refractivity contribution < 1.29 is 22.7 Å². The summed E-state index contributed by atoms with van der Waals surface area (Å²) in [6.45, 7) is 3.47. The number of aryl methyl sites for hydroxylation is 1. The number of hydrogen-bond donors (Lipinski definition) is 1. The fourth-order valence-corrected chi connectivity index (χ4v) is 4.81. The van der Waals surface area contributed by atoms with Gasteiger partial charge in [-0.1, -0.05) is 48.0 Å². The van der Waals surface area contributed by atoms with Gasteiger partial charge in [0.25, 0.3) is 10.0 Å². The predicted octanol–water partition coefficient (Wildman–Crippen LogP) is 4.08. The lowest BCUT2D eigenvalue weighted by Crippen LogP contribution is -2.41. The van der Waals surface area contributed by atoms with Crippen molar-refractivity contribution in [2.24, 2.45) is 0 Å². The van der Waals surface area contributed by atoms with Gasteiger partial charge in [-0.25, -0.2) is 8.42 Å². The van der Waals surface area contributed by atoms with Gasteiger partial charge < -0.3 is 14.8 Å². The lowest BCUT2D eigenvalue weighted by atomic mass is 10.1. The number of nitrogens with zero attached hydrogens (tertiary/aromatic N) is 1. The van der Waals surface area contributed by atoms with Gasteiger partial charge in [0.1, 0.15) is 6.54 Å². The minimum atomic E-state index is -4.08. The summed E-state index contributed by atoms with van der Waals surface area (Å²) in [4.78, 5) is 12.9. The molecule has 3 rings (SSSR count). The highest BCUT2D eigenvalue weighted by Gasteiger charge is 2.28. The van der Waals surface area contributed by atoms with Crippen LogP contribution in [0.1, 0.15) is 24.1 Å². The highest BCUT2D eigenvalue weighted by atomic mass is 32.2. The van der Waals surface area contributed by atoms with Crippen LogP contribution in [0, 0.1) is 6.92 Å². The number of benzene rings is 3. The number of amides is 1. The lowest BCUT2D eigenvalue weighted by molar-refractivity contribution is -0.120. The van der Waals surface area contributed by atoms with E-state index in [0.29, 0.717) is 11.4 Å². The molecule has 33 heavy (non-hydrogen) atoms. The van der Waals surface area contributed by atoms with Crippen molar-refractivity contribution in [3.05, 3.63) is 83.9 Å². The molecule has 1 N–H and O–H groups in total. The monoisotopic (exact) mass is 468 g/mol. The molecule has 0 aromatic heterocycles. The molecule has 0 unspecified atom stereocenters. The average molecular weight is 469 g/mol. The fourth-order valence-electron chi connectivity index (χ4n) is 3.37. The number of anilines is 1. The van der Waals surface area contributed by atoms with Gasteiger partial charge in [-0.2, -0.15) is 0 Å². The molecule has 0 radical (unpaired) electrons. The van der Waals surface area contributed by atoms with Crippen LogP contribution in [0.5, 0.6) is 11.5 Å². The van der Waals surface area contributed by atoms with Crippen LogP contribution in [-0.4, -0.2) is 35.1 Å². The first kappa shape index (κ1) is 24.1. The Morgan fingerprint density at radius 2 is 1.58 bits per heavy atom. The van der Waals surface area contributed by atoms with E-state index >= 15 is 0 Å². The number of rotatable bonds is 9. The van der Waals surface area contributed by atoms with E-state index in [1.807, 2.05) is 38.1 Å². The second-order valence-electron chi connectivity index (χ2n) is 7.56. The molecule has 0 aliphatic carbocycles. The molecule has 0 aliphatic heterocycles. The number of carbonyl (C=O) groups is 1.